The van der Waals surface area contributed by atoms with E-state index in [1.807, 2.05) is 0 Å². The average Bonchev–Trinajstić information content (AvgIpc) is 2.21. The second-order valence-corrected chi connectivity index (χ2v) is 4.79. The fraction of sp³-hybridized carbons (Fsp3) is 0.455. The molecule has 1 aliphatic rings. The third-order valence-corrected chi connectivity index (χ3v) is 3.56. The van der Waals surface area contributed by atoms with Crippen molar-refractivity contribution in [2.24, 2.45) is 0 Å². The fourth-order valence-electron chi connectivity index (χ4n) is 1.63. The number of hydrogen-bond acceptors (Lipinski definition) is 2. The molecule has 0 radical (unpaired) electrons. The average molecular weight is 193 g/mol. The predicted octanol–water partition coefficient (Wildman–Crippen LogP) is 1.93. The van der Waals surface area contributed by atoms with Gasteiger partial charge in [-0.15, -0.1) is 0 Å². The summed E-state index contributed by atoms with van der Waals surface area (Å²) in [7, 11) is 0. The van der Waals surface area contributed by atoms with E-state index in [1.54, 1.807) is 0 Å². The Bertz CT molecular complexity index is 242. The summed E-state index contributed by atoms with van der Waals surface area (Å²) >= 11 is 2.10. The van der Waals surface area contributed by atoms with Gasteiger partial charge >= 0.3 is 0 Å². The molecule has 1 N–H and O–H groups in total. The largest absolute Gasteiger partial charge is 0.315 e. The van der Waals surface area contributed by atoms with Crippen molar-refractivity contribution in [2.75, 3.05) is 18.8 Å². The Labute approximate surface area is 83.9 Å². The molecule has 1 aliphatic heterocycles. The lowest BCUT2D eigenvalue weighted by molar-refractivity contribution is 0.666. The van der Waals surface area contributed by atoms with Gasteiger partial charge in [-0.25, -0.2) is 0 Å². The van der Waals surface area contributed by atoms with Gasteiger partial charge in [0.2, 0.25) is 0 Å². The van der Waals surface area contributed by atoms with E-state index in [0.717, 1.165) is 5.25 Å². The second kappa shape index (κ2) is 4.68. The van der Waals surface area contributed by atoms with E-state index in [0.29, 0.717) is 0 Å². The number of thioether (sulfide) groups is 1. The molecule has 1 aromatic carbocycles. The molecule has 1 unspecified atom stereocenters. The molecule has 1 aromatic rings. The van der Waals surface area contributed by atoms with E-state index >= 15 is 0 Å². The van der Waals surface area contributed by atoms with Crippen molar-refractivity contribution in [3.05, 3.63) is 35.9 Å². The van der Waals surface area contributed by atoms with Gasteiger partial charge in [-0.1, -0.05) is 30.3 Å². The molecular weight excluding hydrogens is 178 g/mol. The molecular formula is C11H15NS. The van der Waals surface area contributed by atoms with Crippen molar-refractivity contribution in [1.29, 1.82) is 0 Å². The fourth-order valence-corrected chi connectivity index (χ4v) is 2.77. The quantitative estimate of drug-likeness (QED) is 0.770. The van der Waals surface area contributed by atoms with E-state index in [2.05, 4.69) is 47.4 Å². The molecule has 0 spiro atoms. The summed E-state index contributed by atoms with van der Waals surface area (Å²) in [5.41, 5.74) is 1.46. The Morgan fingerprint density at radius 1 is 1.31 bits per heavy atom. The van der Waals surface area contributed by atoms with Gasteiger partial charge in [0.15, 0.2) is 0 Å². The van der Waals surface area contributed by atoms with Gasteiger partial charge in [-0.05, 0) is 12.0 Å². The maximum Gasteiger partial charge on any atom is 0.0213 e. The molecule has 70 valence electrons. The van der Waals surface area contributed by atoms with Crippen molar-refractivity contribution in [2.45, 2.75) is 11.7 Å². The maximum absolute atomic E-state index is 3.43. The molecule has 0 saturated carbocycles. The molecule has 0 aliphatic carbocycles. The highest BCUT2D eigenvalue weighted by Crippen LogP contribution is 2.17. The number of hydrogen-bond donors (Lipinski definition) is 1. The lowest BCUT2D eigenvalue weighted by atomic mass is 10.1. The first kappa shape index (κ1) is 9.10. The van der Waals surface area contributed by atoms with Crippen LogP contribution in [0.1, 0.15) is 5.56 Å². The normalized spacial score (nSPS) is 22.9. The van der Waals surface area contributed by atoms with Crippen molar-refractivity contribution < 1.29 is 0 Å². The molecule has 0 aromatic heterocycles. The molecule has 13 heavy (non-hydrogen) atoms. The van der Waals surface area contributed by atoms with Crippen LogP contribution in [-0.4, -0.2) is 24.1 Å². The highest BCUT2D eigenvalue weighted by molar-refractivity contribution is 8.00. The highest BCUT2D eigenvalue weighted by atomic mass is 32.2. The summed E-state index contributed by atoms with van der Waals surface area (Å²) in [6.07, 6.45) is 1.21. The van der Waals surface area contributed by atoms with E-state index in [4.69, 9.17) is 0 Å². The van der Waals surface area contributed by atoms with Gasteiger partial charge < -0.3 is 5.32 Å². The zero-order valence-corrected chi connectivity index (χ0v) is 8.52. The molecule has 2 heteroatoms. The van der Waals surface area contributed by atoms with Gasteiger partial charge in [-0.2, -0.15) is 11.8 Å². The van der Waals surface area contributed by atoms with Crippen LogP contribution >= 0.6 is 11.8 Å². The molecule has 1 fully saturated rings. The van der Waals surface area contributed by atoms with Gasteiger partial charge in [-0.3, -0.25) is 0 Å². The summed E-state index contributed by atoms with van der Waals surface area (Å²) < 4.78 is 0. The molecule has 0 amide bonds. The molecule has 1 heterocycles. The van der Waals surface area contributed by atoms with Crippen LogP contribution < -0.4 is 5.32 Å². The molecule has 1 atom stereocenters. The molecule has 1 nitrogen and oxygen atoms in total. The molecule has 2 rings (SSSR count). The zero-order valence-electron chi connectivity index (χ0n) is 7.70. The first-order valence-electron chi connectivity index (χ1n) is 4.81. The minimum atomic E-state index is 0.774. The third-order valence-electron chi connectivity index (χ3n) is 2.31. The monoisotopic (exact) mass is 193 g/mol. The number of nitrogens with one attached hydrogen (secondary N) is 1. The van der Waals surface area contributed by atoms with Crippen molar-refractivity contribution in [1.82, 2.24) is 5.32 Å². The number of benzene rings is 1. The van der Waals surface area contributed by atoms with Crippen LogP contribution in [0.15, 0.2) is 30.3 Å². The first-order valence-corrected chi connectivity index (χ1v) is 5.86. The van der Waals surface area contributed by atoms with Crippen molar-refractivity contribution >= 4 is 11.8 Å². The van der Waals surface area contributed by atoms with Crippen LogP contribution in [0.2, 0.25) is 0 Å². The van der Waals surface area contributed by atoms with Crippen LogP contribution in [0.4, 0.5) is 0 Å². The van der Waals surface area contributed by atoms with Crippen LogP contribution in [0.25, 0.3) is 0 Å². The van der Waals surface area contributed by atoms with Crippen LogP contribution in [0, 0.1) is 0 Å². The van der Waals surface area contributed by atoms with Gasteiger partial charge in [0.05, 0.1) is 0 Å². The summed E-state index contributed by atoms with van der Waals surface area (Å²) in [4.78, 5) is 0. The van der Waals surface area contributed by atoms with E-state index in [-0.39, 0.29) is 0 Å². The standard InChI is InChI=1S/C11H15NS/c1-2-4-10(5-3-1)8-11-9-12-6-7-13-11/h1-5,11-12H,6-9H2. The molecule has 1 saturated heterocycles. The Morgan fingerprint density at radius 3 is 2.85 bits per heavy atom. The van der Waals surface area contributed by atoms with E-state index in [1.165, 1.54) is 30.8 Å². The molecule has 0 bridgehead atoms. The Hall–Kier alpha value is -0.470. The predicted molar refractivity (Wildman–Crippen MR) is 59.3 cm³/mol. The highest BCUT2D eigenvalue weighted by Gasteiger charge is 2.13. The Morgan fingerprint density at radius 2 is 2.15 bits per heavy atom. The summed E-state index contributed by atoms with van der Waals surface area (Å²) in [6.45, 7) is 2.34. The lowest BCUT2D eigenvalue weighted by Crippen LogP contribution is -2.33. The summed E-state index contributed by atoms with van der Waals surface area (Å²) in [6, 6.07) is 10.8. The van der Waals surface area contributed by atoms with Gasteiger partial charge in [0, 0.05) is 24.1 Å². The van der Waals surface area contributed by atoms with Gasteiger partial charge in [0.25, 0.3) is 0 Å². The van der Waals surface area contributed by atoms with Crippen LogP contribution in [0.3, 0.4) is 0 Å². The van der Waals surface area contributed by atoms with Crippen molar-refractivity contribution in [3.63, 3.8) is 0 Å². The maximum atomic E-state index is 3.43. The van der Waals surface area contributed by atoms with Gasteiger partial charge in [0.1, 0.15) is 0 Å². The topological polar surface area (TPSA) is 12.0 Å². The summed E-state index contributed by atoms with van der Waals surface area (Å²) in [5.74, 6) is 1.26. The van der Waals surface area contributed by atoms with E-state index < -0.39 is 0 Å². The summed E-state index contributed by atoms with van der Waals surface area (Å²) in [5, 5.41) is 4.21. The smallest absolute Gasteiger partial charge is 0.0213 e. The minimum Gasteiger partial charge on any atom is -0.315 e. The Kier molecular flexibility index (Phi) is 3.27. The third kappa shape index (κ3) is 2.75. The zero-order chi connectivity index (χ0) is 8.93. The van der Waals surface area contributed by atoms with Crippen LogP contribution in [0.5, 0.6) is 0 Å². The lowest BCUT2D eigenvalue weighted by Gasteiger charge is -2.22. The van der Waals surface area contributed by atoms with Crippen molar-refractivity contribution in [3.8, 4) is 0 Å². The van der Waals surface area contributed by atoms with Crippen LogP contribution in [-0.2, 0) is 6.42 Å². The Balaban J connectivity index is 1.90. The second-order valence-electron chi connectivity index (χ2n) is 3.39. The minimum absolute atomic E-state index is 0.774. The first-order chi connectivity index (χ1) is 6.45. The van der Waals surface area contributed by atoms with E-state index in [9.17, 15) is 0 Å². The SMILES string of the molecule is c1ccc(CC2CNCCS2)cc1. The number of rotatable bonds is 2.